The van der Waals surface area contributed by atoms with Crippen molar-refractivity contribution in [1.29, 1.82) is 0 Å². The number of hydrogen-bond acceptors (Lipinski definition) is 1. The van der Waals surface area contributed by atoms with Crippen LogP contribution in [-0.4, -0.2) is 28.5 Å². The maximum Gasteiger partial charge on any atom is 0.0720 e. The van der Waals surface area contributed by atoms with E-state index in [1.165, 1.54) is 51.1 Å². The standard InChI is InChI=1S/C19H41NSi2/c1-17(2)16-22(21(6)7,19(3,4)5)15-11-14-20-18-12-9-8-10-13-18/h16,18,20-21H,8-15H2,1-7H3. The zero-order valence-corrected chi connectivity index (χ0v) is 18.5. The van der Waals surface area contributed by atoms with Gasteiger partial charge in [0.15, 0.2) is 0 Å². The second kappa shape index (κ2) is 8.84. The molecule has 3 heteroatoms. The van der Waals surface area contributed by atoms with Gasteiger partial charge in [-0.2, -0.15) is 0 Å². The average Bonchev–Trinajstić information content (AvgIpc) is 2.41. The Bertz CT molecular complexity index is 347. The molecule has 1 unspecified atom stereocenters. The van der Waals surface area contributed by atoms with Crippen LogP contribution in [0.1, 0.15) is 73.1 Å². The van der Waals surface area contributed by atoms with E-state index in [0.717, 1.165) is 6.04 Å². The summed E-state index contributed by atoms with van der Waals surface area (Å²) in [6, 6.07) is 2.31. The molecule has 22 heavy (non-hydrogen) atoms. The van der Waals surface area contributed by atoms with Crippen LogP contribution in [0.15, 0.2) is 11.3 Å². The first-order valence-corrected chi connectivity index (χ1v) is 16.0. The second-order valence-electron chi connectivity index (χ2n) is 9.06. The van der Waals surface area contributed by atoms with E-state index in [2.05, 4.69) is 58.7 Å². The lowest BCUT2D eigenvalue weighted by Crippen LogP contribution is -2.54. The van der Waals surface area contributed by atoms with Gasteiger partial charge >= 0.3 is 0 Å². The molecule has 130 valence electrons. The largest absolute Gasteiger partial charge is 0.314 e. The van der Waals surface area contributed by atoms with E-state index in [1.54, 1.807) is 5.57 Å². The molecule has 1 N–H and O–H groups in total. The zero-order chi connectivity index (χ0) is 16.8. The SMILES string of the molecule is CC(C)=C[Si](CCCNC1CCCCC1)([SiH](C)C)C(C)(C)C. The lowest BCUT2D eigenvalue weighted by atomic mass is 9.95. The molecule has 1 nitrogen and oxygen atoms in total. The quantitative estimate of drug-likeness (QED) is 0.469. The fraction of sp³-hybridized carbons (Fsp3) is 0.895. The predicted molar refractivity (Wildman–Crippen MR) is 108 cm³/mol. The van der Waals surface area contributed by atoms with Gasteiger partial charge < -0.3 is 5.32 Å². The van der Waals surface area contributed by atoms with Crippen molar-refractivity contribution < 1.29 is 0 Å². The highest BCUT2D eigenvalue weighted by molar-refractivity contribution is 7.35. The van der Waals surface area contributed by atoms with Gasteiger partial charge in [-0.15, -0.1) is 0 Å². The van der Waals surface area contributed by atoms with Crippen LogP contribution < -0.4 is 5.32 Å². The smallest absolute Gasteiger partial charge is 0.0720 e. The van der Waals surface area contributed by atoms with E-state index in [-0.39, 0.29) is 0 Å². The molecule has 1 aliphatic rings. The molecule has 1 rings (SSSR count). The van der Waals surface area contributed by atoms with Gasteiger partial charge in [0.2, 0.25) is 0 Å². The van der Waals surface area contributed by atoms with Crippen molar-refractivity contribution >= 4 is 15.9 Å². The molecule has 0 amide bonds. The Kier molecular flexibility index (Phi) is 8.11. The van der Waals surface area contributed by atoms with Gasteiger partial charge in [0, 0.05) is 14.4 Å². The van der Waals surface area contributed by atoms with Gasteiger partial charge in [-0.05, 0) is 44.7 Å². The van der Waals surface area contributed by atoms with Crippen LogP contribution in [0.4, 0.5) is 0 Å². The van der Waals surface area contributed by atoms with Crippen molar-refractivity contribution in [3.63, 3.8) is 0 Å². The third kappa shape index (κ3) is 5.65. The minimum absolute atomic E-state index is 0.509. The van der Waals surface area contributed by atoms with Crippen LogP contribution in [0, 0.1) is 0 Å². The van der Waals surface area contributed by atoms with Crippen LogP contribution in [0.25, 0.3) is 0 Å². The maximum absolute atomic E-state index is 3.85. The van der Waals surface area contributed by atoms with E-state index >= 15 is 0 Å². The molecule has 0 aromatic carbocycles. The van der Waals surface area contributed by atoms with E-state index in [0.29, 0.717) is 5.04 Å². The average molecular weight is 340 g/mol. The third-order valence-corrected chi connectivity index (χ3v) is 23.1. The van der Waals surface area contributed by atoms with Crippen LogP contribution in [0.3, 0.4) is 0 Å². The van der Waals surface area contributed by atoms with Gasteiger partial charge in [0.05, 0.1) is 7.59 Å². The van der Waals surface area contributed by atoms with Crippen molar-refractivity contribution in [2.75, 3.05) is 6.54 Å². The second-order valence-corrected chi connectivity index (χ2v) is 22.3. The molecule has 0 saturated heterocycles. The van der Waals surface area contributed by atoms with Crippen LogP contribution in [-0.2, 0) is 0 Å². The fourth-order valence-electron chi connectivity index (χ4n) is 4.49. The van der Waals surface area contributed by atoms with E-state index in [9.17, 15) is 0 Å². The van der Waals surface area contributed by atoms with Gasteiger partial charge in [-0.25, -0.2) is 0 Å². The normalized spacial score (nSPS) is 20.0. The fourth-order valence-corrected chi connectivity index (χ4v) is 19.8. The van der Waals surface area contributed by atoms with E-state index < -0.39 is 15.9 Å². The molecule has 1 aliphatic carbocycles. The maximum atomic E-state index is 3.85. The van der Waals surface area contributed by atoms with Gasteiger partial charge in [0.1, 0.15) is 0 Å². The highest BCUT2D eigenvalue weighted by Crippen LogP contribution is 2.42. The number of hydrogen-bond donors (Lipinski definition) is 1. The lowest BCUT2D eigenvalue weighted by molar-refractivity contribution is 0.374. The molecule has 0 aromatic heterocycles. The monoisotopic (exact) mass is 339 g/mol. The first-order chi connectivity index (χ1) is 10.2. The minimum atomic E-state index is -1.29. The first-order valence-electron chi connectivity index (χ1n) is 9.58. The Morgan fingerprint density at radius 2 is 1.73 bits per heavy atom. The van der Waals surface area contributed by atoms with Crippen molar-refractivity contribution in [2.45, 2.75) is 103 Å². The van der Waals surface area contributed by atoms with Crippen LogP contribution in [0.5, 0.6) is 0 Å². The summed E-state index contributed by atoms with van der Waals surface area (Å²) >= 11 is 0. The molecular weight excluding hydrogens is 298 g/mol. The Morgan fingerprint density at radius 3 is 2.18 bits per heavy atom. The van der Waals surface area contributed by atoms with Crippen molar-refractivity contribution in [2.24, 2.45) is 0 Å². The highest BCUT2D eigenvalue weighted by atomic mass is 29.2. The molecule has 1 atom stereocenters. The van der Waals surface area contributed by atoms with E-state index in [1.807, 2.05) is 0 Å². The number of nitrogens with one attached hydrogen (secondary N) is 1. The molecule has 0 spiro atoms. The first kappa shape index (κ1) is 20.2. The summed E-state index contributed by atoms with van der Waals surface area (Å²) in [4.78, 5) is 0. The van der Waals surface area contributed by atoms with Crippen LogP contribution in [0.2, 0.25) is 24.2 Å². The summed E-state index contributed by atoms with van der Waals surface area (Å²) in [5.41, 5.74) is 4.33. The number of allylic oxidation sites excluding steroid dienone is 1. The Labute approximate surface area is 142 Å². The summed E-state index contributed by atoms with van der Waals surface area (Å²) in [7, 11) is -1.93. The zero-order valence-electron chi connectivity index (χ0n) is 16.4. The summed E-state index contributed by atoms with van der Waals surface area (Å²) in [6.45, 7) is 18.6. The minimum Gasteiger partial charge on any atom is -0.314 e. The highest BCUT2D eigenvalue weighted by Gasteiger charge is 2.44. The molecule has 0 aromatic rings. The Hall–Kier alpha value is 0.134. The molecule has 0 bridgehead atoms. The Morgan fingerprint density at radius 1 is 1.14 bits per heavy atom. The summed E-state index contributed by atoms with van der Waals surface area (Å²) in [5.74, 6) is 0. The molecule has 0 radical (unpaired) electrons. The summed E-state index contributed by atoms with van der Waals surface area (Å²) < 4.78 is 0. The van der Waals surface area contributed by atoms with Gasteiger partial charge in [0.25, 0.3) is 0 Å². The molecule has 1 fully saturated rings. The predicted octanol–water partition coefficient (Wildman–Crippen LogP) is 5.62. The number of rotatable bonds is 7. The molecule has 0 heterocycles. The third-order valence-electron chi connectivity index (χ3n) is 5.78. The van der Waals surface area contributed by atoms with Crippen molar-refractivity contribution in [3.05, 3.63) is 11.3 Å². The van der Waals surface area contributed by atoms with Crippen molar-refractivity contribution in [1.82, 2.24) is 5.32 Å². The van der Waals surface area contributed by atoms with Crippen molar-refractivity contribution in [3.8, 4) is 0 Å². The molecular formula is C19H41NSi2. The Balaban J connectivity index is 2.62. The lowest BCUT2D eigenvalue weighted by Gasteiger charge is -2.45. The van der Waals surface area contributed by atoms with Crippen LogP contribution >= 0.6 is 0 Å². The summed E-state index contributed by atoms with van der Waals surface area (Å²) in [5, 5.41) is 4.36. The molecule has 1 saturated carbocycles. The van der Waals surface area contributed by atoms with Gasteiger partial charge in [-0.3, -0.25) is 0 Å². The molecule has 0 aliphatic heterocycles. The topological polar surface area (TPSA) is 12.0 Å². The van der Waals surface area contributed by atoms with Gasteiger partial charge in [-0.1, -0.05) is 70.4 Å². The van der Waals surface area contributed by atoms with E-state index in [4.69, 9.17) is 0 Å². The summed E-state index contributed by atoms with van der Waals surface area (Å²) in [6.07, 6.45) is 8.54.